The van der Waals surface area contributed by atoms with E-state index in [-0.39, 0.29) is 12.2 Å². The largest absolute Gasteiger partial charge is 0.510 e. The summed E-state index contributed by atoms with van der Waals surface area (Å²) in [4.78, 5) is 29.7. The number of hydrogen-bond donors (Lipinski definition) is 0. The summed E-state index contributed by atoms with van der Waals surface area (Å²) in [5.41, 5.74) is -0.641. The highest BCUT2D eigenvalue weighted by atomic mass is 16.7. The molecule has 2 bridgehead atoms. The maximum atomic E-state index is 14.3. The van der Waals surface area contributed by atoms with Gasteiger partial charge in [0.2, 0.25) is 0 Å². The molecule has 7 heteroatoms. The number of ether oxygens (including phenoxy) is 3. The Hall–Kier alpha value is -2.90. The lowest BCUT2D eigenvalue weighted by molar-refractivity contribution is -0.956. The van der Waals surface area contributed by atoms with Gasteiger partial charge < -0.3 is 23.6 Å². The number of likely N-dealkylation sites (N-methyl/N-ethyl adjacent to an activating group) is 1. The molecule has 2 aromatic rings. The van der Waals surface area contributed by atoms with Gasteiger partial charge in [-0.2, -0.15) is 0 Å². The van der Waals surface area contributed by atoms with Crippen molar-refractivity contribution in [2.24, 2.45) is 0 Å². The monoisotopic (exact) mass is 519 g/mol. The fourth-order valence-corrected chi connectivity index (χ4v) is 7.72. The molecule has 7 nitrogen and oxygen atoms in total. The number of quaternary nitrogens is 1. The summed E-state index contributed by atoms with van der Waals surface area (Å²) in [5, 5.41) is 0. The number of carbonyl (C=O) groups excluding carboxylic acids is 2. The Morgan fingerprint density at radius 2 is 1.39 bits per heavy atom. The molecule has 4 heterocycles. The normalized spacial score (nSPS) is 28.3. The highest BCUT2D eigenvalue weighted by molar-refractivity contribution is 5.88. The zero-order valence-corrected chi connectivity index (χ0v) is 22.3. The molecule has 38 heavy (non-hydrogen) atoms. The van der Waals surface area contributed by atoms with E-state index in [1.807, 2.05) is 67.7 Å². The van der Waals surface area contributed by atoms with Crippen molar-refractivity contribution in [1.29, 1.82) is 0 Å². The average molecular weight is 520 g/mol. The van der Waals surface area contributed by atoms with Crippen molar-refractivity contribution in [2.45, 2.75) is 74.8 Å². The molecule has 0 radical (unpaired) electrons. The number of piperidine rings is 1. The summed E-state index contributed by atoms with van der Waals surface area (Å²) in [5.74, 6) is -0.547. The number of esters is 1. The van der Waals surface area contributed by atoms with E-state index in [9.17, 15) is 9.59 Å². The maximum absolute atomic E-state index is 14.3. The van der Waals surface area contributed by atoms with Gasteiger partial charge in [-0.25, -0.2) is 9.59 Å². The standard InChI is InChI=1S/C31H39N2O5/c1-32-17-16-27(22-32)37-30(35)38-31(23-10-4-2-5-11-23,24-12-6-3-7-13-24)29(34)36-28-20-25-14-15-26(21-28)33(25)18-8-9-19-33/h2-7,10-13,25-28H,8-9,14-22H2,1H3/q+1. The lowest BCUT2D eigenvalue weighted by Crippen LogP contribution is -2.60. The topological polar surface area (TPSA) is 65.1 Å². The van der Waals surface area contributed by atoms with Crippen molar-refractivity contribution in [3.8, 4) is 0 Å². The van der Waals surface area contributed by atoms with Crippen molar-refractivity contribution >= 4 is 12.1 Å². The fourth-order valence-electron chi connectivity index (χ4n) is 7.72. The molecule has 6 rings (SSSR count). The van der Waals surface area contributed by atoms with Crippen LogP contribution in [-0.2, 0) is 24.6 Å². The predicted octanol–water partition coefficient (Wildman–Crippen LogP) is 4.63. The second kappa shape index (κ2) is 10.3. The van der Waals surface area contributed by atoms with Gasteiger partial charge in [0, 0.05) is 62.7 Å². The Bertz CT molecular complexity index is 1080. The van der Waals surface area contributed by atoms with E-state index in [0.717, 1.165) is 25.8 Å². The first-order valence-electron chi connectivity index (χ1n) is 14.3. The lowest BCUT2D eigenvalue weighted by Gasteiger charge is -2.47. The van der Waals surface area contributed by atoms with Gasteiger partial charge in [-0.15, -0.1) is 0 Å². The summed E-state index contributed by atoms with van der Waals surface area (Å²) >= 11 is 0. The minimum Gasteiger partial charge on any atom is -0.458 e. The molecular formula is C31H39N2O5+. The van der Waals surface area contributed by atoms with Gasteiger partial charge in [-0.1, -0.05) is 60.7 Å². The highest BCUT2D eigenvalue weighted by Gasteiger charge is 2.57. The van der Waals surface area contributed by atoms with Gasteiger partial charge in [0.25, 0.3) is 5.60 Å². The third kappa shape index (κ3) is 4.50. The molecule has 0 aromatic heterocycles. The number of rotatable bonds is 6. The van der Waals surface area contributed by atoms with E-state index in [1.165, 1.54) is 43.3 Å². The zero-order valence-electron chi connectivity index (χ0n) is 22.3. The number of carbonyl (C=O) groups is 2. The van der Waals surface area contributed by atoms with E-state index in [2.05, 4.69) is 4.90 Å². The van der Waals surface area contributed by atoms with Crippen LogP contribution in [0.1, 0.15) is 56.1 Å². The van der Waals surface area contributed by atoms with Crippen molar-refractivity contribution in [2.75, 3.05) is 33.2 Å². The summed E-state index contributed by atoms with van der Waals surface area (Å²) in [7, 11) is 2.00. The van der Waals surface area contributed by atoms with E-state index in [0.29, 0.717) is 29.8 Å². The Morgan fingerprint density at radius 1 is 0.816 bits per heavy atom. The Labute approximate surface area is 225 Å². The van der Waals surface area contributed by atoms with Gasteiger partial charge in [0.05, 0.1) is 25.2 Å². The Kier molecular flexibility index (Phi) is 6.91. The second-order valence-corrected chi connectivity index (χ2v) is 11.7. The third-order valence-corrected chi connectivity index (χ3v) is 9.53. The molecule has 0 N–H and O–H groups in total. The van der Waals surface area contributed by atoms with Gasteiger partial charge in [-0.3, -0.25) is 0 Å². The fraction of sp³-hybridized carbons (Fsp3) is 0.548. The van der Waals surface area contributed by atoms with Crippen LogP contribution in [-0.4, -0.2) is 79.0 Å². The molecule has 4 fully saturated rings. The Morgan fingerprint density at radius 3 is 1.92 bits per heavy atom. The SMILES string of the molecule is CN1CCC(OC(=O)OC(C(=O)OC2CC3CCC(C2)[N+]32CCCC2)(c2ccccc2)c2ccccc2)C1. The van der Waals surface area contributed by atoms with Crippen LogP contribution >= 0.6 is 0 Å². The molecule has 202 valence electrons. The third-order valence-electron chi connectivity index (χ3n) is 9.53. The van der Waals surface area contributed by atoms with E-state index >= 15 is 0 Å². The first-order chi connectivity index (χ1) is 18.5. The van der Waals surface area contributed by atoms with E-state index in [4.69, 9.17) is 14.2 Å². The minimum atomic E-state index is -1.75. The Balaban J connectivity index is 1.30. The van der Waals surface area contributed by atoms with Crippen LogP contribution in [0, 0.1) is 0 Å². The van der Waals surface area contributed by atoms with Gasteiger partial charge in [-0.05, 0) is 13.5 Å². The number of nitrogens with zero attached hydrogens (tertiary/aromatic N) is 2. The zero-order chi connectivity index (χ0) is 26.2. The summed E-state index contributed by atoms with van der Waals surface area (Å²) in [6, 6.07) is 19.6. The van der Waals surface area contributed by atoms with Crippen molar-refractivity contribution < 1.29 is 28.3 Å². The molecule has 4 aliphatic rings. The van der Waals surface area contributed by atoms with Gasteiger partial charge in [0.15, 0.2) is 0 Å². The van der Waals surface area contributed by atoms with Crippen molar-refractivity contribution in [1.82, 2.24) is 4.90 Å². The predicted molar refractivity (Wildman–Crippen MR) is 142 cm³/mol. The smallest absolute Gasteiger partial charge is 0.458 e. The second-order valence-electron chi connectivity index (χ2n) is 11.7. The molecule has 3 unspecified atom stereocenters. The number of likely N-dealkylation sites (tertiary alicyclic amines) is 1. The summed E-state index contributed by atoms with van der Waals surface area (Å²) in [6.07, 6.45) is 6.22. The first-order valence-corrected chi connectivity index (χ1v) is 14.3. The summed E-state index contributed by atoms with van der Waals surface area (Å²) < 4.78 is 19.4. The van der Waals surface area contributed by atoms with Crippen LogP contribution in [0.5, 0.6) is 0 Å². The molecular weight excluding hydrogens is 480 g/mol. The quantitative estimate of drug-likeness (QED) is 0.410. The van der Waals surface area contributed by atoms with E-state index in [1.54, 1.807) is 0 Å². The van der Waals surface area contributed by atoms with Crippen molar-refractivity contribution in [3.63, 3.8) is 0 Å². The molecule has 4 aliphatic heterocycles. The molecule has 1 spiro atoms. The van der Waals surface area contributed by atoms with Crippen LogP contribution in [0.25, 0.3) is 0 Å². The summed E-state index contributed by atoms with van der Waals surface area (Å²) in [6.45, 7) is 4.03. The first kappa shape index (κ1) is 25.4. The van der Waals surface area contributed by atoms with E-state index < -0.39 is 17.7 Å². The van der Waals surface area contributed by atoms with Crippen LogP contribution in [0.3, 0.4) is 0 Å². The molecule has 0 aliphatic carbocycles. The van der Waals surface area contributed by atoms with Crippen LogP contribution in [0.2, 0.25) is 0 Å². The average Bonchev–Trinajstić information content (AvgIpc) is 3.62. The van der Waals surface area contributed by atoms with Crippen LogP contribution in [0.4, 0.5) is 4.79 Å². The molecule has 2 aromatic carbocycles. The minimum absolute atomic E-state index is 0.181. The molecule has 3 atom stereocenters. The number of hydrogen-bond acceptors (Lipinski definition) is 6. The highest BCUT2D eigenvalue weighted by Crippen LogP contribution is 2.47. The lowest BCUT2D eigenvalue weighted by atomic mass is 9.85. The van der Waals surface area contributed by atoms with Crippen LogP contribution in [0.15, 0.2) is 60.7 Å². The van der Waals surface area contributed by atoms with Crippen molar-refractivity contribution in [3.05, 3.63) is 71.8 Å². The number of benzene rings is 2. The molecule has 0 saturated carbocycles. The molecule has 0 amide bonds. The van der Waals surface area contributed by atoms with Crippen LogP contribution < -0.4 is 0 Å². The van der Waals surface area contributed by atoms with Gasteiger partial charge >= 0.3 is 12.1 Å². The van der Waals surface area contributed by atoms with Gasteiger partial charge in [0.1, 0.15) is 12.2 Å². The molecule has 4 saturated heterocycles. The maximum Gasteiger partial charge on any atom is 0.510 e.